The smallest absolute Gasteiger partial charge is 0.203 e. The lowest BCUT2D eigenvalue weighted by atomic mass is 10.3. The maximum Gasteiger partial charge on any atom is 0.203 e. The molecule has 0 fully saturated rings. The summed E-state index contributed by atoms with van der Waals surface area (Å²) in [6, 6.07) is 8.83. The second kappa shape index (κ2) is 5.03. The number of rotatable bonds is 4. The number of benzene rings is 1. The van der Waals surface area contributed by atoms with Crippen LogP contribution >= 0.6 is 0 Å². The fourth-order valence-corrected chi connectivity index (χ4v) is 0.800. The molecule has 0 aliphatic heterocycles. The van der Waals surface area contributed by atoms with Crippen molar-refractivity contribution in [1.29, 1.82) is 0 Å². The zero-order valence-electron chi connectivity index (χ0n) is 6.87. The monoisotopic (exact) mass is 179 g/mol. The zero-order valence-corrected chi connectivity index (χ0v) is 6.87. The Morgan fingerprint density at radius 3 is 2.77 bits per heavy atom. The molecular formula is C8H9N3O2. The fourth-order valence-electron chi connectivity index (χ4n) is 0.800. The molecule has 0 bridgehead atoms. The van der Waals surface area contributed by atoms with Gasteiger partial charge in [-0.3, -0.25) is 0 Å². The number of aliphatic hydroxyl groups is 1. The molecule has 1 rings (SSSR count). The highest BCUT2D eigenvalue weighted by atomic mass is 16.6. The molecule has 0 saturated heterocycles. The third-order valence-electron chi connectivity index (χ3n) is 1.32. The van der Waals surface area contributed by atoms with Crippen molar-refractivity contribution >= 4 is 0 Å². The molecule has 1 N–H and O–H groups in total. The molecule has 1 atom stereocenters. The number of aliphatic hydroxyl groups excluding tert-OH is 1. The van der Waals surface area contributed by atoms with Gasteiger partial charge in [-0.25, -0.2) is 0 Å². The molecule has 0 unspecified atom stereocenters. The highest BCUT2D eigenvalue weighted by Crippen LogP contribution is 2.09. The van der Waals surface area contributed by atoms with E-state index >= 15 is 0 Å². The van der Waals surface area contributed by atoms with Crippen LogP contribution in [0.2, 0.25) is 0 Å². The van der Waals surface area contributed by atoms with E-state index in [4.69, 9.17) is 15.4 Å². The number of nitrogens with zero attached hydrogens (tertiary/aromatic N) is 3. The SMILES string of the molecule is [N-]=[N+]=NC[C@@H](O)Oc1ccccc1. The van der Waals surface area contributed by atoms with Crippen molar-refractivity contribution in [3.05, 3.63) is 40.8 Å². The van der Waals surface area contributed by atoms with Crippen LogP contribution in [0.1, 0.15) is 0 Å². The normalized spacial score (nSPS) is 11.5. The predicted molar refractivity (Wildman–Crippen MR) is 47.1 cm³/mol. The number of hydrogen-bond donors (Lipinski definition) is 1. The fraction of sp³-hybridized carbons (Fsp3) is 0.250. The summed E-state index contributed by atoms with van der Waals surface area (Å²) in [5.41, 5.74) is 7.97. The van der Waals surface area contributed by atoms with Crippen molar-refractivity contribution in [2.45, 2.75) is 6.29 Å². The number of ether oxygens (including phenoxy) is 1. The van der Waals surface area contributed by atoms with Gasteiger partial charge in [-0.1, -0.05) is 23.3 Å². The van der Waals surface area contributed by atoms with E-state index in [0.717, 1.165) is 0 Å². The molecule has 1 aromatic rings. The van der Waals surface area contributed by atoms with E-state index in [0.29, 0.717) is 5.75 Å². The zero-order chi connectivity index (χ0) is 9.52. The topological polar surface area (TPSA) is 78.2 Å². The quantitative estimate of drug-likeness (QED) is 0.330. The first-order valence-electron chi connectivity index (χ1n) is 3.73. The van der Waals surface area contributed by atoms with E-state index < -0.39 is 6.29 Å². The van der Waals surface area contributed by atoms with Gasteiger partial charge in [0.2, 0.25) is 6.29 Å². The van der Waals surface area contributed by atoms with Crippen LogP contribution in [-0.4, -0.2) is 17.9 Å². The van der Waals surface area contributed by atoms with Crippen LogP contribution in [0.15, 0.2) is 35.4 Å². The summed E-state index contributed by atoms with van der Waals surface area (Å²) in [4.78, 5) is 2.50. The van der Waals surface area contributed by atoms with Crippen LogP contribution in [0.25, 0.3) is 10.4 Å². The Bertz CT molecular complexity index is 296. The molecule has 0 radical (unpaired) electrons. The van der Waals surface area contributed by atoms with Crippen molar-refractivity contribution in [3.8, 4) is 5.75 Å². The van der Waals surface area contributed by atoms with E-state index in [-0.39, 0.29) is 6.54 Å². The van der Waals surface area contributed by atoms with Crippen molar-refractivity contribution in [1.82, 2.24) is 0 Å². The van der Waals surface area contributed by atoms with Crippen molar-refractivity contribution in [3.63, 3.8) is 0 Å². The lowest BCUT2D eigenvalue weighted by Crippen LogP contribution is -2.18. The molecule has 13 heavy (non-hydrogen) atoms. The second-order valence-electron chi connectivity index (χ2n) is 2.30. The molecule has 68 valence electrons. The molecule has 0 aromatic heterocycles. The molecule has 0 spiro atoms. The lowest BCUT2D eigenvalue weighted by molar-refractivity contribution is -0.00845. The van der Waals surface area contributed by atoms with Crippen LogP contribution in [-0.2, 0) is 0 Å². The van der Waals surface area contributed by atoms with Gasteiger partial charge in [-0.15, -0.1) is 0 Å². The summed E-state index contributed by atoms with van der Waals surface area (Å²) < 4.78 is 5.01. The van der Waals surface area contributed by atoms with E-state index in [1.54, 1.807) is 24.3 Å². The first kappa shape index (κ1) is 9.38. The minimum Gasteiger partial charge on any atom is -0.465 e. The standard InChI is InChI=1S/C8H9N3O2/c9-11-10-6-8(12)13-7-4-2-1-3-5-7/h1-5,8,12H,6H2/t8-/m0/s1. The molecule has 0 aliphatic carbocycles. The molecule has 0 amide bonds. The Kier molecular flexibility index (Phi) is 3.63. The molecular weight excluding hydrogens is 170 g/mol. The maximum absolute atomic E-state index is 9.15. The van der Waals surface area contributed by atoms with Gasteiger partial charge in [0, 0.05) is 4.91 Å². The van der Waals surface area contributed by atoms with Crippen LogP contribution in [0.4, 0.5) is 0 Å². The van der Waals surface area contributed by atoms with Crippen LogP contribution in [0.3, 0.4) is 0 Å². The maximum atomic E-state index is 9.15. The second-order valence-corrected chi connectivity index (χ2v) is 2.30. The summed E-state index contributed by atoms with van der Waals surface area (Å²) in [5.74, 6) is 0.545. The average Bonchev–Trinajstić information content (AvgIpc) is 2.16. The minimum atomic E-state index is -1.08. The van der Waals surface area contributed by atoms with Gasteiger partial charge in [0.15, 0.2) is 0 Å². The van der Waals surface area contributed by atoms with Gasteiger partial charge >= 0.3 is 0 Å². The molecule has 5 heteroatoms. The van der Waals surface area contributed by atoms with Gasteiger partial charge in [0.05, 0.1) is 6.54 Å². The Morgan fingerprint density at radius 1 is 1.46 bits per heavy atom. The number of para-hydroxylation sites is 1. The third kappa shape index (κ3) is 3.46. The van der Waals surface area contributed by atoms with Crippen molar-refractivity contribution in [2.24, 2.45) is 5.11 Å². The van der Waals surface area contributed by atoms with Gasteiger partial charge in [-0.05, 0) is 17.7 Å². The molecule has 1 aromatic carbocycles. The first-order valence-corrected chi connectivity index (χ1v) is 3.73. The van der Waals surface area contributed by atoms with Gasteiger partial charge < -0.3 is 9.84 Å². The van der Waals surface area contributed by atoms with E-state index in [2.05, 4.69) is 10.0 Å². The third-order valence-corrected chi connectivity index (χ3v) is 1.32. The Morgan fingerprint density at radius 2 is 2.15 bits per heavy atom. The van der Waals surface area contributed by atoms with Gasteiger partial charge in [0.25, 0.3) is 0 Å². The van der Waals surface area contributed by atoms with Gasteiger partial charge in [-0.2, -0.15) is 0 Å². The van der Waals surface area contributed by atoms with Crippen LogP contribution < -0.4 is 4.74 Å². The number of hydrogen-bond acceptors (Lipinski definition) is 3. The highest BCUT2D eigenvalue weighted by molar-refractivity contribution is 5.20. The predicted octanol–water partition coefficient (Wildman–Crippen LogP) is 1.69. The molecule has 0 heterocycles. The minimum absolute atomic E-state index is 0.0919. The first-order chi connectivity index (χ1) is 6.33. The summed E-state index contributed by atoms with van der Waals surface area (Å²) >= 11 is 0. The van der Waals surface area contributed by atoms with Crippen LogP contribution in [0.5, 0.6) is 5.75 Å². The van der Waals surface area contributed by atoms with Gasteiger partial charge in [0.1, 0.15) is 5.75 Å². The van der Waals surface area contributed by atoms with Crippen molar-refractivity contribution in [2.75, 3.05) is 6.54 Å². The largest absolute Gasteiger partial charge is 0.465 e. The highest BCUT2D eigenvalue weighted by Gasteiger charge is 2.02. The summed E-state index contributed by atoms with van der Waals surface area (Å²) in [6.07, 6.45) is -1.08. The molecule has 0 aliphatic rings. The molecule has 0 saturated carbocycles. The van der Waals surface area contributed by atoms with E-state index in [9.17, 15) is 0 Å². The van der Waals surface area contributed by atoms with Crippen molar-refractivity contribution < 1.29 is 9.84 Å². The number of azide groups is 1. The summed E-state index contributed by atoms with van der Waals surface area (Å²) in [5, 5.41) is 12.3. The van der Waals surface area contributed by atoms with Crippen LogP contribution in [0, 0.1) is 0 Å². The molecule has 5 nitrogen and oxygen atoms in total. The van der Waals surface area contributed by atoms with E-state index in [1.165, 1.54) is 0 Å². The Labute approximate surface area is 75.2 Å². The lowest BCUT2D eigenvalue weighted by Gasteiger charge is -2.09. The van der Waals surface area contributed by atoms with E-state index in [1.807, 2.05) is 6.07 Å². The Hall–Kier alpha value is -1.71. The summed E-state index contributed by atoms with van der Waals surface area (Å²) in [6.45, 7) is -0.0919. The Balaban J connectivity index is 2.45. The summed E-state index contributed by atoms with van der Waals surface area (Å²) in [7, 11) is 0. The average molecular weight is 179 g/mol.